The van der Waals surface area contributed by atoms with Crippen molar-refractivity contribution in [3.8, 4) is 0 Å². The van der Waals surface area contributed by atoms with Crippen molar-refractivity contribution >= 4 is 17.7 Å². The van der Waals surface area contributed by atoms with Crippen LogP contribution in [0.25, 0.3) is 0 Å². The van der Waals surface area contributed by atoms with E-state index >= 15 is 0 Å². The van der Waals surface area contributed by atoms with Crippen molar-refractivity contribution in [2.45, 2.75) is 50.7 Å². The highest BCUT2D eigenvalue weighted by molar-refractivity contribution is 8.00. The van der Waals surface area contributed by atoms with Gasteiger partial charge in [-0.15, -0.1) is 0 Å². The molecule has 1 aliphatic carbocycles. The van der Waals surface area contributed by atoms with E-state index in [1.165, 1.54) is 0 Å². The number of carbonyl (C=O) groups is 1. The molecule has 1 aliphatic rings. The fourth-order valence-electron chi connectivity index (χ4n) is 2.90. The van der Waals surface area contributed by atoms with Gasteiger partial charge >= 0.3 is 0 Å². The highest BCUT2D eigenvalue weighted by Crippen LogP contribution is 2.32. The molecule has 0 radical (unpaired) electrons. The number of carbonyl (C=O) groups excluding carboxylic acids is 1. The van der Waals surface area contributed by atoms with Gasteiger partial charge in [0.15, 0.2) is 0 Å². The molecule has 4 heteroatoms. The zero-order chi connectivity index (χ0) is 13.6. The van der Waals surface area contributed by atoms with Gasteiger partial charge in [-0.05, 0) is 44.4 Å². The zero-order valence-corrected chi connectivity index (χ0v) is 12.8. The molecule has 1 rings (SSSR count). The molecule has 1 amide bonds. The summed E-state index contributed by atoms with van der Waals surface area (Å²) in [7, 11) is 0. The molecule has 0 heterocycles. The van der Waals surface area contributed by atoms with Crippen molar-refractivity contribution < 1.29 is 4.79 Å². The third-order valence-electron chi connectivity index (χ3n) is 4.61. The Hall–Kier alpha value is -0.220. The minimum atomic E-state index is 0.156. The summed E-state index contributed by atoms with van der Waals surface area (Å²) in [5.41, 5.74) is 5.74. The normalized spacial score (nSPS) is 24.2. The highest BCUT2D eigenvalue weighted by Gasteiger charge is 2.33. The summed E-state index contributed by atoms with van der Waals surface area (Å²) >= 11 is 1.87. The van der Waals surface area contributed by atoms with Gasteiger partial charge in [-0.25, -0.2) is 0 Å². The van der Waals surface area contributed by atoms with Gasteiger partial charge in [0.05, 0.1) is 0 Å². The number of amides is 1. The second-order valence-electron chi connectivity index (χ2n) is 5.35. The zero-order valence-electron chi connectivity index (χ0n) is 12.0. The molecule has 2 atom stereocenters. The third kappa shape index (κ3) is 3.64. The Morgan fingerprint density at radius 2 is 2.06 bits per heavy atom. The molecule has 1 fully saturated rings. The van der Waals surface area contributed by atoms with Crippen LogP contribution in [0.15, 0.2) is 0 Å². The average molecular weight is 272 g/mol. The maximum atomic E-state index is 12.2. The maximum Gasteiger partial charge on any atom is 0.223 e. The first-order valence-electron chi connectivity index (χ1n) is 7.15. The monoisotopic (exact) mass is 272 g/mol. The summed E-state index contributed by atoms with van der Waals surface area (Å²) in [4.78, 5) is 12.2. The number of thioether (sulfide) groups is 1. The van der Waals surface area contributed by atoms with Gasteiger partial charge in [-0.2, -0.15) is 11.8 Å². The van der Waals surface area contributed by atoms with Crippen molar-refractivity contribution in [2.24, 2.45) is 17.6 Å². The average Bonchev–Trinajstić information content (AvgIpc) is 2.89. The predicted molar refractivity (Wildman–Crippen MR) is 79.7 cm³/mol. The van der Waals surface area contributed by atoms with Gasteiger partial charge in [0.25, 0.3) is 0 Å². The Morgan fingerprint density at radius 1 is 1.39 bits per heavy atom. The highest BCUT2D eigenvalue weighted by atomic mass is 32.2. The number of hydrogen-bond donors (Lipinski definition) is 2. The van der Waals surface area contributed by atoms with Gasteiger partial charge in [-0.1, -0.05) is 20.3 Å². The van der Waals surface area contributed by atoms with E-state index in [4.69, 9.17) is 5.73 Å². The lowest BCUT2D eigenvalue weighted by atomic mass is 9.94. The van der Waals surface area contributed by atoms with E-state index < -0.39 is 0 Å². The van der Waals surface area contributed by atoms with Gasteiger partial charge < -0.3 is 11.1 Å². The number of nitrogens with one attached hydrogen (secondary N) is 1. The SMILES string of the molecule is CCC(CC)(CNC(=O)C1CCCC1CN)SC. The molecule has 1 saturated carbocycles. The standard InChI is InChI=1S/C14H28N2OS/c1-4-14(5-2,18-3)10-16-13(17)12-8-6-7-11(12)9-15/h11-12H,4-10,15H2,1-3H3,(H,16,17). The summed E-state index contributed by atoms with van der Waals surface area (Å²) in [6.45, 7) is 5.83. The minimum absolute atomic E-state index is 0.156. The third-order valence-corrected chi connectivity index (χ3v) is 6.19. The summed E-state index contributed by atoms with van der Waals surface area (Å²) in [6, 6.07) is 0. The molecule has 0 aromatic heterocycles. The van der Waals surface area contributed by atoms with Gasteiger partial charge in [-0.3, -0.25) is 4.79 Å². The Balaban J connectivity index is 2.49. The molecule has 0 aromatic rings. The molecule has 0 saturated heterocycles. The van der Waals surface area contributed by atoms with E-state index in [9.17, 15) is 4.79 Å². The Bertz CT molecular complexity index is 258. The van der Waals surface area contributed by atoms with Crippen LogP contribution in [0.3, 0.4) is 0 Å². The molecule has 18 heavy (non-hydrogen) atoms. The molecular weight excluding hydrogens is 244 g/mol. The minimum Gasteiger partial charge on any atom is -0.354 e. The summed E-state index contributed by atoms with van der Waals surface area (Å²) in [5, 5.41) is 3.17. The quantitative estimate of drug-likeness (QED) is 0.748. The van der Waals surface area contributed by atoms with Crippen molar-refractivity contribution in [3.05, 3.63) is 0 Å². The number of rotatable bonds is 7. The molecular formula is C14H28N2OS. The van der Waals surface area contributed by atoms with Crippen LogP contribution in [0.4, 0.5) is 0 Å². The molecule has 3 N–H and O–H groups in total. The summed E-state index contributed by atoms with van der Waals surface area (Å²) in [6.07, 6.45) is 7.60. The molecule has 0 aliphatic heterocycles. The summed E-state index contributed by atoms with van der Waals surface area (Å²) in [5.74, 6) is 0.781. The van der Waals surface area contributed by atoms with Crippen molar-refractivity contribution in [1.29, 1.82) is 0 Å². The van der Waals surface area contributed by atoms with Crippen LogP contribution >= 0.6 is 11.8 Å². The number of hydrogen-bond acceptors (Lipinski definition) is 3. The largest absolute Gasteiger partial charge is 0.354 e. The topological polar surface area (TPSA) is 55.1 Å². The van der Waals surface area contributed by atoms with Crippen LogP contribution in [0, 0.1) is 11.8 Å². The van der Waals surface area contributed by atoms with E-state index in [1.54, 1.807) is 0 Å². The van der Waals surface area contributed by atoms with Crippen LogP contribution in [0.5, 0.6) is 0 Å². The van der Waals surface area contributed by atoms with Crippen molar-refractivity contribution in [3.63, 3.8) is 0 Å². The fraction of sp³-hybridized carbons (Fsp3) is 0.929. The Morgan fingerprint density at radius 3 is 2.56 bits per heavy atom. The second-order valence-corrected chi connectivity index (χ2v) is 6.62. The van der Waals surface area contributed by atoms with Crippen LogP contribution in [-0.4, -0.2) is 30.0 Å². The molecule has 106 valence electrons. The lowest BCUT2D eigenvalue weighted by Gasteiger charge is -2.30. The smallest absolute Gasteiger partial charge is 0.223 e. The maximum absolute atomic E-state index is 12.2. The first kappa shape index (κ1) is 15.8. The second kappa shape index (κ2) is 7.39. The van der Waals surface area contributed by atoms with Crippen LogP contribution in [0.2, 0.25) is 0 Å². The fourth-order valence-corrected chi connectivity index (χ4v) is 3.70. The molecule has 2 unspecified atom stereocenters. The van der Waals surface area contributed by atoms with E-state index in [0.29, 0.717) is 12.5 Å². The van der Waals surface area contributed by atoms with Crippen LogP contribution < -0.4 is 11.1 Å². The van der Waals surface area contributed by atoms with E-state index in [2.05, 4.69) is 25.4 Å². The van der Waals surface area contributed by atoms with Gasteiger partial charge in [0.1, 0.15) is 0 Å². The van der Waals surface area contributed by atoms with Gasteiger partial charge in [0, 0.05) is 17.2 Å². The number of nitrogens with two attached hydrogens (primary N) is 1. The Kier molecular flexibility index (Phi) is 6.50. The van der Waals surface area contributed by atoms with Crippen LogP contribution in [0.1, 0.15) is 46.0 Å². The van der Waals surface area contributed by atoms with Gasteiger partial charge in [0.2, 0.25) is 5.91 Å². The van der Waals surface area contributed by atoms with Crippen LogP contribution in [-0.2, 0) is 4.79 Å². The predicted octanol–water partition coefficient (Wildman–Crippen LogP) is 2.40. The van der Waals surface area contributed by atoms with Crippen molar-refractivity contribution in [2.75, 3.05) is 19.3 Å². The Labute approximate surface area is 116 Å². The molecule has 0 bridgehead atoms. The van der Waals surface area contributed by atoms with E-state index in [0.717, 1.165) is 38.6 Å². The molecule has 0 aromatic carbocycles. The first-order valence-corrected chi connectivity index (χ1v) is 8.37. The molecule has 3 nitrogen and oxygen atoms in total. The first-order chi connectivity index (χ1) is 8.62. The lowest BCUT2D eigenvalue weighted by molar-refractivity contribution is -0.126. The lowest BCUT2D eigenvalue weighted by Crippen LogP contribution is -2.43. The van der Waals surface area contributed by atoms with E-state index in [-0.39, 0.29) is 16.6 Å². The molecule has 0 spiro atoms. The van der Waals surface area contributed by atoms with E-state index in [1.807, 2.05) is 11.8 Å². The summed E-state index contributed by atoms with van der Waals surface area (Å²) < 4.78 is 0.201. The van der Waals surface area contributed by atoms with Crippen molar-refractivity contribution in [1.82, 2.24) is 5.32 Å².